The Bertz CT molecular complexity index is 525. The molecule has 3 heteroatoms. The number of benzene rings is 2. The largest absolute Gasteiger partial charge is 0.497 e. The molecule has 0 aromatic heterocycles. The molecule has 1 atom stereocenters. The number of nitrogens with zero attached hydrogens (tertiary/aromatic N) is 1. The fraction of sp³-hybridized carbons (Fsp3) is 0.333. The predicted octanol–water partition coefficient (Wildman–Crippen LogP) is 3.48. The highest BCUT2D eigenvalue weighted by molar-refractivity contribution is 5.48. The van der Waals surface area contributed by atoms with Crippen LogP contribution in [0.4, 0.5) is 5.69 Å². The first kappa shape index (κ1) is 15.4. The van der Waals surface area contributed by atoms with Gasteiger partial charge in [-0.3, -0.25) is 0 Å². The van der Waals surface area contributed by atoms with E-state index in [9.17, 15) is 0 Å². The summed E-state index contributed by atoms with van der Waals surface area (Å²) in [5.41, 5.74) is 2.54. The van der Waals surface area contributed by atoms with Crippen molar-refractivity contribution in [1.29, 1.82) is 0 Å². The summed E-state index contributed by atoms with van der Waals surface area (Å²) in [5.74, 6) is 0.893. The minimum atomic E-state index is 0.381. The molecular formula is C18H24N2O. The van der Waals surface area contributed by atoms with Crippen molar-refractivity contribution in [2.45, 2.75) is 12.5 Å². The first-order valence-corrected chi connectivity index (χ1v) is 7.32. The molecule has 0 aliphatic carbocycles. The van der Waals surface area contributed by atoms with E-state index in [-0.39, 0.29) is 0 Å². The van der Waals surface area contributed by atoms with Crippen LogP contribution in [0.1, 0.15) is 18.0 Å². The Morgan fingerprint density at radius 1 is 1.05 bits per heavy atom. The first-order chi connectivity index (χ1) is 10.2. The van der Waals surface area contributed by atoms with Crippen LogP contribution in [-0.4, -0.2) is 27.7 Å². The van der Waals surface area contributed by atoms with Crippen molar-refractivity contribution in [1.82, 2.24) is 5.32 Å². The third-order valence-electron chi connectivity index (χ3n) is 3.82. The number of methoxy groups -OCH3 is 1. The Hall–Kier alpha value is -2.00. The van der Waals surface area contributed by atoms with Crippen molar-refractivity contribution in [3.8, 4) is 5.75 Å². The topological polar surface area (TPSA) is 24.5 Å². The summed E-state index contributed by atoms with van der Waals surface area (Å²) in [6.45, 7) is 0.993. The van der Waals surface area contributed by atoms with Gasteiger partial charge in [-0.05, 0) is 43.3 Å². The number of hydrogen-bond acceptors (Lipinski definition) is 3. The highest BCUT2D eigenvalue weighted by Crippen LogP contribution is 2.21. The second kappa shape index (κ2) is 7.70. The summed E-state index contributed by atoms with van der Waals surface area (Å²) in [4.78, 5) is 2.27. The van der Waals surface area contributed by atoms with Crippen molar-refractivity contribution in [2.75, 3.05) is 32.6 Å². The maximum Gasteiger partial charge on any atom is 0.119 e. The number of nitrogens with one attached hydrogen (secondary N) is 1. The Morgan fingerprint density at radius 3 is 2.29 bits per heavy atom. The van der Waals surface area contributed by atoms with E-state index in [2.05, 4.69) is 59.7 Å². The fourth-order valence-corrected chi connectivity index (χ4v) is 2.45. The second-order valence-corrected chi connectivity index (χ2v) is 5.16. The molecule has 0 bridgehead atoms. The van der Waals surface area contributed by atoms with Gasteiger partial charge in [0.05, 0.1) is 7.11 Å². The van der Waals surface area contributed by atoms with Crippen molar-refractivity contribution >= 4 is 5.69 Å². The molecule has 0 spiro atoms. The summed E-state index contributed by atoms with van der Waals surface area (Å²) >= 11 is 0. The average molecular weight is 284 g/mol. The predicted molar refractivity (Wildman–Crippen MR) is 89.1 cm³/mol. The SMILES string of the molecule is CNC(CCN(C)c1ccc(OC)cc1)c1ccccc1. The Kier molecular flexibility index (Phi) is 5.64. The van der Waals surface area contributed by atoms with Crippen molar-refractivity contribution in [3.05, 3.63) is 60.2 Å². The van der Waals surface area contributed by atoms with E-state index in [1.54, 1.807) is 7.11 Å². The van der Waals surface area contributed by atoms with Crippen LogP contribution < -0.4 is 15.0 Å². The normalized spacial score (nSPS) is 12.0. The number of rotatable bonds is 7. The highest BCUT2D eigenvalue weighted by atomic mass is 16.5. The van der Waals surface area contributed by atoms with Gasteiger partial charge in [0.15, 0.2) is 0 Å². The van der Waals surface area contributed by atoms with Crippen molar-refractivity contribution in [3.63, 3.8) is 0 Å². The molecule has 21 heavy (non-hydrogen) atoms. The van der Waals surface area contributed by atoms with Gasteiger partial charge in [0.2, 0.25) is 0 Å². The first-order valence-electron chi connectivity index (χ1n) is 7.32. The quantitative estimate of drug-likeness (QED) is 0.842. The zero-order chi connectivity index (χ0) is 15.1. The van der Waals surface area contributed by atoms with Gasteiger partial charge in [-0.15, -0.1) is 0 Å². The third kappa shape index (κ3) is 4.23. The lowest BCUT2D eigenvalue weighted by atomic mass is 10.0. The van der Waals surface area contributed by atoms with E-state index in [1.165, 1.54) is 11.3 Å². The minimum absolute atomic E-state index is 0.381. The Morgan fingerprint density at radius 2 is 1.71 bits per heavy atom. The van der Waals surface area contributed by atoms with E-state index in [0.717, 1.165) is 18.7 Å². The van der Waals surface area contributed by atoms with E-state index in [4.69, 9.17) is 4.74 Å². The molecule has 0 amide bonds. The van der Waals surface area contributed by atoms with Crippen molar-refractivity contribution in [2.24, 2.45) is 0 Å². The lowest BCUT2D eigenvalue weighted by molar-refractivity contribution is 0.415. The van der Waals surface area contributed by atoms with Crippen LogP contribution in [0.15, 0.2) is 54.6 Å². The molecule has 0 aliphatic rings. The van der Waals surface area contributed by atoms with E-state index < -0.39 is 0 Å². The molecule has 0 saturated carbocycles. The molecular weight excluding hydrogens is 260 g/mol. The summed E-state index contributed by atoms with van der Waals surface area (Å²) in [7, 11) is 5.83. The summed E-state index contributed by atoms with van der Waals surface area (Å²) in [6.07, 6.45) is 1.06. The molecule has 2 rings (SSSR count). The van der Waals surface area contributed by atoms with Crippen LogP contribution in [0.2, 0.25) is 0 Å². The zero-order valence-electron chi connectivity index (χ0n) is 13.0. The molecule has 0 fully saturated rings. The van der Waals surface area contributed by atoms with Crippen LogP contribution in [0.5, 0.6) is 5.75 Å². The lowest BCUT2D eigenvalue weighted by Gasteiger charge is -2.23. The Balaban J connectivity index is 1.94. The zero-order valence-corrected chi connectivity index (χ0v) is 13.0. The van der Waals surface area contributed by atoms with Crippen LogP contribution >= 0.6 is 0 Å². The molecule has 2 aromatic carbocycles. The number of hydrogen-bond donors (Lipinski definition) is 1. The highest BCUT2D eigenvalue weighted by Gasteiger charge is 2.10. The van der Waals surface area contributed by atoms with Crippen LogP contribution in [0.3, 0.4) is 0 Å². The monoisotopic (exact) mass is 284 g/mol. The molecule has 1 N–H and O–H groups in total. The van der Waals surface area contributed by atoms with Crippen LogP contribution in [-0.2, 0) is 0 Å². The molecule has 0 saturated heterocycles. The summed E-state index contributed by atoms with van der Waals surface area (Å²) < 4.78 is 5.19. The van der Waals surface area contributed by atoms with Gasteiger partial charge >= 0.3 is 0 Å². The molecule has 0 heterocycles. The van der Waals surface area contributed by atoms with Gasteiger partial charge in [-0.2, -0.15) is 0 Å². The standard InChI is InChI=1S/C18H24N2O/c1-19-18(15-7-5-4-6-8-15)13-14-20(2)16-9-11-17(21-3)12-10-16/h4-12,18-19H,13-14H2,1-3H3. The van der Waals surface area contributed by atoms with Crippen LogP contribution in [0.25, 0.3) is 0 Å². The maximum atomic E-state index is 5.19. The molecule has 3 nitrogen and oxygen atoms in total. The molecule has 112 valence electrons. The average Bonchev–Trinajstić information content (AvgIpc) is 2.56. The van der Waals surface area contributed by atoms with E-state index >= 15 is 0 Å². The van der Waals surface area contributed by atoms with Gasteiger partial charge in [0, 0.05) is 25.3 Å². The van der Waals surface area contributed by atoms with E-state index in [1.807, 2.05) is 19.2 Å². The summed E-state index contributed by atoms with van der Waals surface area (Å²) in [5, 5.41) is 3.40. The number of anilines is 1. The van der Waals surface area contributed by atoms with Gasteiger partial charge in [0.25, 0.3) is 0 Å². The number of ether oxygens (including phenoxy) is 1. The minimum Gasteiger partial charge on any atom is -0.497 e. The Labute approximate surface area is 127 Å². The lowest BCUT2D eigenvalue weighted by Crippen LogP contribution is -2.25. The van der Waals surface area contributed by atoms with Gasteiger partial charge in [0.1, 0.15) is 5.75 Å². The second-order valence-electron chi connectivity index (χ2n) is 5.16. The maximum absolute atomic E-state index is 5.19. The van der Waals surface area contributed by atoms with Gasteiger partial charge in [-0.1, -0.05) is 30.3 Å². The molecule has 1 unspecified atom stereocenters. The molecule has 2 aromatic rings. The molecule has 0 radical (unpaired) electrons. The van der Waals surface area contributed by atoms with Crippen molar-refractivity contribution < 1.29 is 4.74 Å². The molecule has 0 aliphatic heterocycles. The van der Waals surface area contributed by atoms with Gasteiger partial charge in [-0.25, -0.2) is 0 Å². The van der Waals surface area contributed by atoms with Gasteiger partial charge < -0.3 is 15.0 Å². The fourth-order valence-electron chi connectivity index (χ4n) is 2.45. The third-order valence-corrected chi connectivity index (χ3v) is 3.82. The summed E-state index contributed by atoms with van der Waals surface area (Å²) in [6, 6.07) is 19.2. The smallest absolute Gasteiger partial charge is 0.119 e. The van der Waals surface area contributed by atoms with Crippen LogP contribution in [0, 0.1) is 0 Å². The van der Waals surface area contributed by atoms with E-state index in [0.29, 0.717) is 6.04 Å².